The van der Waals surface area contributed by atoms with E-state index in [1.807, 2.05) is 24.3 Å². The molecule has 0 aromatic heterocycles. The molecule has 4 amide bonds. The van der Waals surface area contributed by atoms with E-state index in [0.717, 1.165) is 116 Å². The summed E-state index contributed by atoms with van der Waals surface area (Å²) in [6, 6.07) is -1.05. The van der Waals surface area contributed by atoms with Crippen molar-refractivity contribution in [1.82, 2.24) is 10.6 Å². The van der Waals surface area contributed by atoms with Crippen LogP contribution in [0, 0.1) is 23.7 Å². The number of allylic oxidation sites excluding steroid dienone is 4. The van der Waals surface area contributed by atoms with Gasteiger partial charge in [-0.2, -0.15) is 0 Å². The molecule has 0 saturated heterocycles. The molecule has 0 fully saturated rings. The van der Waals surface area contributed by atoms with Crippen molar-refractivity contribution >= 4 is 29.8 Å². The van der Waals surface area contributed by atoms with Crippen molar-refractivity contribution < 1.29 is 34.2 Å². The van der Waals surface area contributed by atoms with Gasteiger partial charge in [0.15, 0.2) is 0 Å². The first-order valence-electron chi connectivity index (χ1n) is 22.0. The number of carboxylic acid groups (broad SMARTS) is 2. The summed E-state index contributed by atoms with van der Waals surface area (Å²) in [7, 11) is 0. The average molecular weight is 761 g/mol. The largest absolute Gasteiger partial charge is 0.481 e. The van der Waals surface area contributed by atoms with Crippen LogP contribution in [0.3, 0.4) is 0 Å². The zero-order valence-corrected chi connectivity index (χ0v) is 34.9. The maximum Gasteiger partial charge on any atom is 0.328 e. The Morgan fingerprint density at radius 1 is 0.444 bits per heavy atom. The second kappa shape index (κ2) is 35.7. The predicted octanol–water partition coefficient (Wildman–Crippen LogP) is 12.1. The molecule has 0 radical (unpaired) electrons. The normalized spacial score (nSPS) is 13.9. The van der Waals surface area contributed by atoms with E-state index in [2.05, 4.69) is 38.3 Å². The van der Waals surface area contributed by atoms with E-state index in [9.17, 15) is 34.2 Å². The van der Waals surface area contributed by atoms with E-state index >= 15 is 0 Å². The van der Waals surface area contributed by atoms with Crippen molar-refractivity contribution in [3.8, 4) is 0 Å². The van der Waals surface area contributed by atoms with Gasteiger partial charge in [-0.25, -0.2) is 4.79 Å². The van der Waals surface area contributed by atoms with E-state index in [4.69, 9.17) is 0 Å². The second-order valence-electron chi connectivity index (χ2n) is 15.4. The Balaban J connectivity index is 5.89. The first-order valence-corrected chi connectivity index (χ1v) is 22.0. The van der Waals surface area contributed by atoms with E-state index in [1.165, 1.54) is 38.5 Å². The highest BCUT2D eigenvalue weighted by Crippen LogP contribution is 2.27. The molecule has 4 atom stereocenters. The first kappa shape index (κ1) is 51.0. The highest BCUT2D eigenvalue weighted by atomic mass is 16.4. The average Bonchev–Trinajstić information content (AvgIpc) is 3.13. The molecule has 0 rings (SSSR count). The van der Waals surface area contributed by atoms with Gasteiger partial charge >= 0.3 is 18.0 Å². The van der Waals surface area contributed by atoms with Crippen LogP contribution in [0.25, 0.3) is 0 Å². The predicted molar refractivity (Wildman–Crippen MR) is 221 cm³/mol. The van der Waals surface area contributed by atoms with Gasteiger partial charge in [-0.15, -0.1) is 0 Å². The van der Waals surface area contributed by atoms with Gasteiger partial charge in [0.1, 0.15) is 0 Å². The first-order chi connectivity index (χ1) is 26.1. The fourth-order valence-electron chi connectivity index (χ4n) is 7.15. The third-order valence-electron chi connectivity index (χ3n) is 10.5. The summed E-state index contributed by atoms with van der Waals surface area (Å²) in [5, 5.41) is 24.1. The highest BCUT2D eigenvalue weighted by molar-refractivity contribution is 6.04. The molecule has 0 aromatic rings. The Bertz CT molecular complexity index is 977. The molecule has 0 aliphatic carbocycles. The number of rotatable bonds is 36. The number of hydrogen-bond donors (Lipinski definition) is 4. The molecule has 9 nitrogen and oxygen atoms in total. The molecule has 0 spiro atoms. The Hall–Kier alpha value is -2.97. The van der Waals surface area contributed by atoms with Crippen LogP contribution in [0.4, 0.5) is 4.79 Å². The van der Waals surface area contributed by atoms with Gasteiger partial charge in [-0.3, -0.25) is 29.8 Å². The number of urea groups is 1. The lowest BCUT2D eigenvalue weighted by atomic mass is 9.83. The van der Waals surface area contributed by atoms with Crippen LogP contribution in [0.15, 0.2) is 24.3 Å². The fourth-order valence-corrected chi connectivity index (χ4v) is 7.15. The fraction of sp³-hybridized carbons (Fsp3) is 0.800. The van der Waals surface area contributed by atoms with Gasteiger partial charge in [0.2, 0.25) is 11.8 Å². The number of imide groups is 2. The van der Waals surface area contributed by atoms with Crippen molar-refractivity contribution in [2.45, 2.75) is 207 Å². The lowest BCUT2D eigenvalue weighted by Crippen LogP contribution is -2.48. The molecule has 0 bridgehead atoms. The van der Waals surface area contributed by atoms with Crippen LogP contribution < -0.4 is 10.6 Å². The summed E-state index contributed by atoms with van der Waals surface area (Å²) in [5.41, 5.74) is 0. The van der Waals surface area contributed by atoms with Gasteiger partial charge in [0, 0.05) is 0 Å². The topological polar surface area (TPSA) is 150 Å². The molecule has 9 heteroatoms. The van der Waals surface area contributed by atoms with Crippen molar-refractivity contribution in [3.63, 3.8) is 0 Å². The number of carbonyl (C=O) groups is 5. The van der Waals surface area contributed by atoms with E-state index in [0.29, 0.717) is 12.8 Å². The molecule has 4 unspecified atom stereocenters. The van der Waals surface area contributed by atoms with Crippen LogP contribution >= 0.6 is 0 Å². The van der Waals surface area contributed by atoms with Gasteiger partial charge in [0.05, 0.1) is 24.7 Å². The van der Waals surface area contributed by atoms with Crippen LogP contribution in [0.2, 0.25) is 0 Å². The number of nitrogens with one attached hydrogen (secondary N) is 2. The molecule has 312 valence electrons. The van der Waals surface area contributed by atoms with Crippen molar-refractivity contribution in [2.75, 3.05) is 0 Å². The Morgan fingerprint density at radius 2 is 0.741 bits per heavy atom. The number of carboxylic acids is 2. The molecule has 0 aliphatic rings. The van der Waals surface area contributed by atoms with Gasteiger partial charge < -0.3 is 10.2 Å². The number of hydrogen-bond acceptors (Lipinski definition) is 5. The molecule has 0 aliphatic heterocycles. The molecule has 0 saturated carbocycles. The second-order valence-corrected chi connectivity index (χ2v) is 15.4. The third kappa shape index (κ3) is 28.5. The molecular weight excluding hydrogens is 681 g/mol. The lowest BCUT2D eigenvalue weighted by Gasteiger charge is -2.24. The minimum atomic E-state index is -1.14. The SMILES string of the molecule is CCCCCCC/C=C\C(CCCCCCCC)C(CC(=O)O)C(=O)NC(=O)NC(=O)C(CC(=O)O)C(/C=C/CCCCCCC)CCCCCCCC. The molecular formula is C45H80N2O7. The minimum Gasteiger partial charge on any atom is -0.481 e. The summed E-state index contributed by atoms with van der Waals surface area (Å²) in [4.78, 5) is 64.4. The van der Waals surface area contributed by atoms with E-state index < -0.39 is 54.5 Å². The highest BCUT2D eigenvalue weighted by Gasteiger charge is 2.33. The number of aliphatic carboxylic acids is 2. The van der Waals surface area contributed by atoms with Crippen LogP contribution in [0.5, 0.6) is 0 Å². The van der Waals surface area contributed by atoms with Gasteiger partial charge in [-0.1, -0.05) is 180 Å². The van der Waals surface area contributed by atoms with Crippen LogP contribution in [-0.4, -0.2) is 40.0 Å². The zero-order chi connectivity index (χ0) is 40.2. The molecule has 4 N–H and O–H groups in total. The summed E-state index contributed by atoms with van der Waals surface area (Å²) in [6.07, 6.45) is 34.0. The monoisotopic (exact) mass is 761 g/mol. The number of amides is 4. The number of unbranched alkanes of at least 4 members (excludes halogenated alkanes) is 20. The number of carbonyl (C=O) groups excluding carboxylic acids is 3. The Labute approximate surface area is 329 Å². The van der Waals surface area contributed by atoms with Gasteiger partial charge in [-0.05, 0) is 50.4 Å². The smallest absolute Gasteiger partial charge is 0.328 e. The Kier molecular flexibility index (Phi) is 33.8. The maximum absolute atomic E-state index is 13.6. The van der Waals surface area contributed by atoms with Crippen molar-refractivity contribution in [1.29, 1.82) is 0 Å². The molecule has 54 heavy (non-hydrogen) atoms. The lowest BCUT2D eigenvalue weighted by molar-refractivity contribution is -0.142. The molecule has 0 heterocycles. The maximum atomic E-state index is 13.6. The van der Waals surface area contributed by atoms with E-state index in [-0.39, 0.29) is 11.8 Å². The standard InChI is InChI=1S/C45H80N2O7/c1-5-9-13-17-21-25-29-33-37(31-27-23-19-15-11-7-3)39(35-41(48)49)43(52)46-45(54)47-44(53)40(36-42(50)51)38(32-28-24-20-16-12-8-4)34-30-26-22-18-14-10-6-2/h29-30,33-34,37-40H,5-28,31-32,35-36H2,1-4H3,(H,48,49)(H,50,51)(H2,46,47,52,53,54)/b33-29-,34-30+. The molecule has 0 aromatic carbocycles. The Morgan fingerprint density at radius 3 is 1.06 bits per heavy atom. The summed E-state index contributed by atoms with van der Waals surface area (Å²) in [5.74, 6) is -6.50. The van der Waals surface area contributed by atoms with Crippen LogP contribution in [0.1, 0.15) is 207 Å². The van der Waals surface area contributed by atoms with E-state index in [1.54, 1.807) is 0 Å². The van der Waals surface area contributed by atoms with Crippen molar-refractivity contribution in [2.24, 2.45) is 23.7 Å². The zero-order valence-electron chi connectivity index (χ0n) is 34.9. The van der Waals surface area contributed by atoms with Crippen LogP contribution in [-0.2, 0) is 19.2 Å². The third-order valence-corrected chi connectivity index (χ3v) is 10.5. The summed E-state index contributed by atoms with van der Waals surface area (Å²) < 4.78 is 0. The van der Waals surface area contributed by atoms with Gasteiger partial charge in [0.25, 0.3) is 0 Å². The van der Waals surface area contributed by atoms with Crippen molar-refractivity contribution in [3.05, 3.63) is 24.3 Å². The quantitative estimate of drug-likeness (QED) is 0.0367. The summed E-state index contributed by atoms with van der Waals surface area (Å²) in [6.45, 7) is 8.68. The minimum absolute atomic E-state index is 0.375. The summed E-state index contributed by atoms with van der Waals surface area (Å²) >= 11 is 0.